The van der Waals surface area contributed by atoms with E-state index in [1.807, 2.05) is 4.90 Å². The van der Waals surface area contributed by atoms with E-state index in [0.29, 0.717) is 12.5 Å². The molecule has 2 N–H and O–H groups in total. The summed E-state index contributed by atoms with van der Waals surface area (Å²) in [6.45, 7) is 6.53. The Morgan fingerprint density at radius 1 is 1.14 bits per heavy atom. The number of carboxylic acid groups (broad SMARTS) is 1. The average Bonchev–Trinajstić information content (AvgIpc) is 3.28. The van der Waals surface area contributed by atoms with Gasteiger partial charge >= 0.3 is 12.1 Å². The van der Waals surface area contributed by atoms with E-state index >= 15 is 0 Å². The SMILES string of the molecule is CC(C)CCN1C2SC(C(=O)O)C1(C)N2C(=O)c1cccc(NC(=O)c2ccccc2C(F)(F)F)c1. The Morgan fingerprint density at radius 2 is 1.83 bits per heavy atom. The summed E-state index contributed by atoms with van der Waals surface area (Å²) >= 11 is 1.21. The summed E-state index contributed by atoms with van der Waals surface area (Å²) in [7, 11) is 0. The molecule has 0 radical (unpaired) electrons. The Morgan fingerprint density at radius 3 is 2.44 bits per heavy atom. The van der Waals surface area contributed by atoms with Crippen LogP contribution in [-0.4, -0.2) is 55.6 Å². The Balaban J connectivity index is 1.55. The molecule has 3 atom stereocenters. The lowest BCUT2D eigenvalue weighted by molar-refractivity contribution is -0.170. The molecule has 3 aliphatic rings. The van der Waals surface area contributed by atoms with Crippen molar-refractivity contribution in [3.63, 3.8) is 0 Å². The maximum atomic E-state index is 13.5. The smallest absolute Gasteiger partial charge is 0.417 e. The maximum absolute atomic E-state index is 13.5. The zero-order valence-electron chi connectivity index (χ0n) is 19.9. The highest BCUT2D eigenvalue weighted by Gasteiger charge is 2.71. The number of nitrogens with one attached hydrogen (secondary N) is 1. The lowest BCUT2D eigenvalue weighted by atomic mass is 9.95. The van der Waals surface area contributed by atoms with Gasteiger partial charge in [-0.1, -0.05) is 32.0 Å². The van der Waals surface area contributed by atoms with Crippen LogP contribution in [0.1, 0.15) is 53.5 Å². The van der Waals surface area contributed by atoms with Crippen molar-refractivity contribution < 1.29 is 32.7 Å². The van der Waals surface area contributed by atoms with E-state index in [2.05, 4.69) is 19.2 Å². The lowest BCUT2D eigenvalue weighted by Gasteiger charge is -2.58. The summed E-state index contributed by atoms with van der Waals surface area (Å²) in [6, 6.07) is 10.4. The highest BCUT2D eigenvalue weighted by molar-refractivity contribution is 8.01. The van der Waals surface area contributed by atoms with Crippen molar-refractivity contribution in [2.24, 2.45) is 5.92 Å². The predicted octanol–water partition coefficient (Wildman–Crippen LogP) is 4.96. The fourth-order valence-electron chi connectivity index (χ4n) is 4.66. The molecule has 2 aromatic rings. The van der Waals surface area contributed by atoms with Crippen LogP contribution in [0.5, 0.6) is 0 Å². The molecule has 3 unspecified atom stereocenters. The molecule has 2 amide bonds. The monoisotopic (exact) mass is 521 g/mol. The molecule has 3 saturated heterocycles. The number of nitrogens with zero attached hydrogens (tertiary/aromatic N) is 2. The van der Waals surface area contributed by atoms with Crippen molar-refractivity contribution in [1.29, 1.82) is 0 Å². The third-order valence-corrected chi connectivity index (χ3v) is 8.18. The van der Waals surface area contributed by atoms with E-state index < -0.39 is 51.5 Å². The highest BCUT2D eigenvalue weighted by Crippen LogP contribution is 2.57. The van der Waals surface area contributed by atoms with Crippen LogP contribution in [0.25, 0.3) is 0 Å². The average molecular weight is 522 g/mol. The molecular weight excluding hydrogens is 495 g/mol. The molecule has 7 nitrogen and oxygen atoms in total. The van der Waals surface area contributed by atoms with Crippen molar-refractivity contribution in [1.82, 2.24) is 9.80 Å². The zero-order valence-corrected chi connectivity index (χ0v) is 20.7. The number of carbonyl (C=O) groups is 3. The van der Waals surface area contributed by atoms with E-state index in [-0.39, 0.29) is 11.3 Å². The van der Waals surface area contributed by atoms with Crippen molar-refractivity contribution in [2.75, 3.05) is 11.9 Å². The van der Waals surface area contributed by atoms with Crippen molar-refractivity contribution in [2.45, 2.75) is 49.8 Å². The van der Waals surface area contributed by atoms with Gasteiger partial charge in [0.05, 0.1) is 11.1 Å². The van der Waals surface area contributed by atoms with Gasteiger partial charge in [-0.3, -0.25) is 19.3 Å². The minimum atomic E-state index is -4.70. The first kappa shape index (κ1) is 26.0. The van der Waals surface area contributed by atoms with Crippen LogP contribution < -0.4 is 5.32 Å². The van der Waals surface area contributed by atoms with Gasteiger partial charge in [0, 0.05) is 17.8 Å². The number of hydrogen-bond acceptors (Lipinski definition) is 5. The van der Waals surface area contributed by atoms with E-state index in [1.165, 1.54) is 53.1 Å². The minimum absolute atomic E-state index is 0.153. The molecule has 0 aromatic heterocycles. The summed E-state index contributed by atoms with van der Waals surface area (Å²) in [6.07, 6.45) is -3.85. The molecule has 3 heterocycles. The number of hydrogen-bond donors (Lipinski definition) is 2. The number of rotatable bonds is 7. The zero-order chi connectivity index (χ0) is 26.4. The Hall–Kier alpha value is -3.05. The Labute approximate surface area is 210 Å². The first-order valence-electron chi connectivity index (χ1n) is 11.4. The number of halogens is 3. The molecule has 2 aromatic carbocycles. The van der Waals surface area contributed by atoms with Crippen LogP contribution >= 0.6 is 11.8 Å². The number of carboxylic acids is 1. The third-order valence-electron chi connectivity index (χ3n) is 6.55. The van der Waals surface area contributed by atoms with E-state index in [0.717, 1.165) is 18.6 Å². The second-order valence-electron chi connectivity index (χ2n) is 9.40. The lowest BCUT2D eigenvalue weighted by Crippen LogP contribution is -2.76. The Bertz CT molecular complexity index is 1210. The summed E-state index contributed by atoms with van der Waals surface area (Å²) in [5.74, 6) is -1.95. The molecule has 192 valence electrons. The second-order valence-corrected chi connectivity index (χ2v) is 10.6. The van der Waals surface area contributed by atoms with Gasteiger partial charge in [-0.2, -0.15) is 13.2 Å². The number of alkyl halides is 3. The predicted molar refractivity (Wildman–Crippen MR) is 129 cm³/mol. The number of fused-ring (bicyclic) bond motifs is 1. The largest absolute Gasteiger partial charge is 0.480 e. The van der Waals surface area contributed by atoms with Gasteiger partial charge < -0.3 is 10.4 Å². The van der Waals surface area contributed by atoms with Gasteiger partial charge in [0.1, 0.15) is 16.4 Å². The molecule has 2 bridgehead atoms. The second kappa shape index (κ2) is 9.44. The van der Waals surface area contributed by atoms with Crippen molar-refractivity contribution >= 4 is 35.2 Å². The molecule has 0 spiro atoms. The van der Waals surface area contributed by atoms with Crippen molar-refractivity contribution in [3.8, 4) is 0 Å². The van der Waals surface area contributed by atoms with E-state index in [1.54, 1.807) is 6.92 Å². The fraction of sp³-hybridized carbons (Fsp3) is 0.400. The molecule has 11 heteroatoms. The fourth-order valence-corrected chi connectivity index (χ4v) is 6.42. The van der Waals surface area contributed by atoms with Crippen molar-refractivity contribution in [3.05, 3.63) is 65.2 Å². The van der Waals surface area contributed by atoms with Crippen LogP contribution in [0.3, 0.4) is 0 Å². The van der Waals surface area contributed by atoms with Crippen LogP contribution in [0.2, 0.25) is 0 Å². The summed E-state index contributed by atoms with van der Waals surface area (Å²) in [5.41, 5.74) is -2.69. The third kappa shape index (κ3) is 4.45. The normalized spacial score (nSPS) is 23.5. The molecular formula is C25H26F3N3O4S. The van der Waals surface area contributed by atoms with Gasteiger partial charge in [0.15, 0.2) is 0 Å². The quantitative estimate of drug-likeness (QED) is 0.535. The number of carbonyl (C=O) groups excluding carboxylic acids is 2. The van der Waals surface area contributed by atoms with Crippen LogP contribution in [-0.2, 0) is 11.0 Å². The molecule has 3 fully saturated rings. The molecule has 0 saturated carbocycles. The van der Waals surface area contributed by atoms with Crippen LogP contribution in [0.4, 0.5) is 18.9 Å². The molecule has 3 aliphatic heterocycles. The van der Waals surface area contributed by atoms with E-state index in [4.69, 9.17) is 0 Å². The minimum Gasteiger partial charge on any atom is -0.480 e. The van der Waals surface area contributed by atoms with Crippen LogP contribution in [0, 0.1) is 5.92 Å². The van der Waals surface area contributed by atoms with Gasteiger partial charge in [0.2, 0.25) is 0 Å². The summed E-state index contributed by atoms with van der Waals surface area (Å²) in [5, 5.41) is 11.4. The first-order valence-corrected chi connectivity index (χ1v) is 12.4. The van der Waals surface area contributed by atoms with Gasteiger partial charge in [-0.05, 0) is 49.6 Å². The van der Waals surface area contributed by atoms with Gasteiger partial charge in [0.25, 0.3) is 11.8 Å². The number of aliphatic carboxylic acids is 1. The number of thioether (sulfide) groups is 1. The molecule has 5 rings (SSSR count). The number of amides is 2. The standard InChI is InChI=1S/C25H26F3N3O4S/c1-14(2)11-12-30-23-31(24(30,3)19(36-23)22(34)35)21(33)15-7-6-8-16(13-15)29-20(32)17-9-4-5-10-18(17)25(26,27)28/h4-10,13-14,19,23H,11-12H2,1-3H3,(H,29,32)(H,34,35). The molecule has 0 aliphatic carbocycles. The topological polar surface area (TPSA) is 90.0 Å². The van der Waals surface area contributed by atoms with Gasteiger partial charge in [-0.15, -0.1) is 11.8 Å². The van der Waals surface area contributed by atoms with Gasteiger partial charge in [-0.25, -0.2) is 4.90 Å². The maximum Gasteiger partial charge on any atom is 0.417 e. The summed E-state index contributed by atoms with van der Waals surface area (Å²) < 4.78 is 39.9. The number of benzene rings is 2. The summed E-state index contributed by atoms with van der Waals surface area (Å²) in [4.78, 5) is 41.6. The van der Waals surface area contributed by atoms with Crippen LogP contribution in [0.15, 0.2) is 48.5 Å². The highest BCUT2D eigenvalue weighted by atomic mass is 32.2. The number of anilines is 1. The first-order chi connectivity index (χ1) is 16.9. The van der Waals surface area contributed by atoms with E-state index in [9.17, 15) is 32.7 Å². The molecule has 36 heavy (non-hydrogen) atoms. The Kier molecular flexibility index (Phi) is 6.82.